The molecule has 33 heavy (non-hydrogen) atoms. The lowest BCUT2D eigenvalue weighted by Crippen LogP contribution is -2.54. The van der Waals surface area contributed by atoms with Crippen LogP contribution in [0.15, 0.2) is 18.2 Å². The molecule has 0 amide bonds. The maximum absolute atomic E-state index is 13.3. The summed E-state index contributed by atoms with van der Waals surface area (Å²) >= 11 is 0. The summed E-state index contributed by atoms with van der Waals surface area (Å²) in [5, 5.41) is 10.6. The molecule has 1 aromatic heterocycles. The minimum Gasteiger partial charge on any atom is -0.480 e. The second-order valence-electron chi connectivity index (χ2n) is 10.7. The van der Waals surface area contributed by atoms with Gasteiger partial charge in [0.1, 0.15) is 5.54 Å². The van der Waals surface area contributed by atoms with E-state index in [-0.39, 0.29) is 5.41 Å². The first kappa shape index (κ1) is 22.7. The predicted octanol–water partition coefficient (Wildman–Crippen LogP) is 4.55. The molecule has 3 atom stereocenters. The van der Waals surface area contributed by atoms with Crippen LogP contribution in [0, 0.1) is 11.3 Å². The molecule has 2 saturated heterocycles. The first-order valence-corrected chi connectivity index (χ1v) is 11.9. The summed E-state index contributed by atoms with van der Waals surface area (Å²) in [5.41, 5.74) is 1.47. The van der Waals surface area contributed by atoms with E-state index in [1.165, 1.54) is 6.07 Å². The molecular formula is C25H32F3N3O2. The highest BCUT2D eigenvalue weighted by atomic mass is 19.4. The van der Waals surface area contributed by atoms with Gasteiger partial charge in [-0.25, -0.2) is 0 Å². The molecule has 5 rings (SSSR count). The van der Waals surface area contributed by atoms with Gasteiger partial charge in [-0.2, -0.15) is 13.2 Å². The van der Waals surface area contributed by atoms with Crippen LogP contribution in [0.3, 0.4) is 0 Å². The fraction of sp³-hybridized carbons (Fsp3) is 0.640. The number of likely N-dealkylation sites (N-methyl/N-ethyl adjacent to an activating group) is 1. The van der Waals surface area contributed by atoms with E-state index in [2.05, 4.69) is 16.8 Å². The molecule has 8 heteroatoms. The number of likely N-dealkylation sites (tertiary alicyclic amines) is 2. The summed E-state index contributed by atoms with van der Waals surface area (Å²) in [6.45, 7) is 5.59. The molecular weight excluding hydrogens is 431 g/mol. The SMILES string of the molecule is CN1CCCC1(CCN1CCC2Cc3[nH]c4ccc(C(F)(F)F)cc4c3CC2(C)C1)C(=O)O. The molecule has 3 heterocycles. The third-order valence-electron chi connectivity index (χ3n) is 8.77. The molecule has 2 aliphatic heterocycles. The minimum atomic E-state index is -4.35. The molecule has 1 aromatic carbocycles. The van der Waals surface area contributed by atoms with E-state index in [4.69, 9.17) is 0 Å². The Balaban J connectivity index is 1.36. The number of aliphatic carboxylic acids is 1. The zero-order valence-corrected chi connectivity index (χ0v) is 19.3. The zero-order valence-electron chi connectivity index (χ0n) is 19.3. The Hall–Kier alpha value is -2.06. The average Bonchev–Trinajstić information content (AvgIpc) is 3.29. The minimum absolute atomic E-state index is 0.0351. The Bertz CT molecular complexity index is 1080. The molecule has 1 aliphatic carbocycles. The first-order chi connectivity index (χ1) is 15.5. The lowest BCUT2D eigenvalue weighted by Gasteiger charge is -2.49. The van der Waals surface area contributed by atoms with Gasteiger partial charge in [0.05, 0.1) is 5.56 Å². The quantitative estimate of drug-likeness (QED) is 0.698. The number of nitrogens with zero attached hydrogens (tertiary/aromatic N) is 2. The number of benzene rings is 1. The van der Waals surface area contributed by atoms with Crippen LogP contribution in [-0.2, 0) is 23.8 Å². The van der Waals surface area contributed by atoms with Crippen LogP contribution < -0.4 is 0 Å². The highest BCUT2D eigenvalue weighted by Crippen LogP contribution is 2.47. The Morgan fingerprint density at radius 2 is 2.09 bits per heavy atom. The molecule has 0 spiro atoms. The average molecular weight is 464 g/mol. The van der Waals surface area contributed by atoms with Crippen LogP contribution in [0.5, 0.6) is 0 Å². The number of hydrogen-bond acceptors (Lipinski definition) is 3. The number of H-pyrrole nitrogens is 1. The number of aromatic nitrogens is 1. The lowest BCUT2D eigenvalue weighted by molar-refractivity contribution is -0.149. The number of rotatable bonds is 4. The molecule has 2 fully saturated rings. The molecule has 0 radical (unpaired) electrons. The van der Waals surface area contributed by atoms with Crippen LogP contribution in [-0.4, -0.2) is 64.6 Å². The summed E-state index contributed by atoms with van der Waals surface area (Å²) in [4.78, 5) is 19.8. The van der Waals surface area contributed by atoms with E-state index in [1.54, 1.807) is 6.07 Å². The van der Waals surface area contributed by atoms with Crippen LogP contribution >= 0.6 is 0 Å². The second kappa shape index (κ2) is 7.73. The topological polar surface area (TPSA) is 59.6 Å². The largest absolute Gasteiger partial charge is 0.480 e. The van der Waals surface area contributed by atoms with E-state index in [0.717, 1.165) is 74.7 Å². The van der Waals surface area contributed by atoms with Crippen molar-refractivity contribution in [3.05, 3.63) is 35.0 Å². The normalized spacial score (nSPS) is 31.0. The molecule has 2 aromatic rings. The number of piperidine rings is 1. The van der Waals surface area contributed by atoms with Crippen molar-refractivity contribution in [2.75, 3.05) is 33.2 Å². The smallest absolute Gasteiger partial charge is 0.416 e. The van der Waals surface area contributed by atoms with Gasteiger partial charge >= 0.3 is 12.1 Å². The Morgan fingerprint density at radius 3 is 2.76 bits per heavy atom. The predicted molar refractivity (Wildman–Crippen MR) is 120 cm³/mol. The monoisotopic (exact) mass is 463 g/mol. The number of hydrogen-bond donors (Lipinski definition) is 2. The van der Waals surface area contributed by atoms with Gasteiger partial charge in [-0.3, -0.25) is 9.69 Å². The number of carbonyl (C=O) groups is 1. The van der Waals surface area contributed by atoms with Crippen LogP contribution in [0.1, 0.15) is 49.4 Å². The second-order valence-corrected chi connectivity index (χ2v) is 10.7. The number of carboxylic acids is 1. The molecule has 3 unspecified atom stereocenters. The summed E-state index contributed by atoms with van der Waals surface area (Å²) in [6.07, 6.45) is 0.474. The maximum Gasteiger partial charge on any atom is 0.416 e. The van der Waals surface area contributed by atoms with E-state index < -0.39 is 23.2 Å². The fourth-order valence-corrected chi connectivity index (χ4v) is 6.70. The van der Waals surface area contributed by atoms with Crippen LogP contribution in [0.2, 0.25) is 0 Å². The number of carboxylic acid groups (broad SMARTS) is 1. The number of halogens is 3. The summed E-state index contributed by atoms with van der Waals surface area (Å²) in [6, 6.07) is 4.00. The van der Waals surface area contributed by atoms with E-state index in [0.29, 0.717) is 24.1 Å². The van der Waals surface area contributed by atoms with Gasteiger partial charge in [-0.15, -0.1) is 0 Å². The zero-order chi connectivity index (χ0) is 23.6. The van der Waals surface area contributed by atoms with Gasteiger partial charge in [-0.1, -0.05) is 6.92 Å². The van der Waals surface area contributed by atoms with Gasteiger partial charge in [0.2, 0.25) is 0 Å². The highest BCUT2D eigenvalue weighted by molar-refractivity contribution is 5.86. The van der Waals surface area contributed by atoms with Crippen molar-refractivity contribution >= 4 is 16.9 Å². The van der Waals surface area contributed by atoms with Crippen LogP contribution in [0.4, 0.5) is 13.2 Å². The van der Waals surface area contributed by atoms with Gasteiger partial charge in [0, 0.05) is 29.7 Å². The van der Waals surface area contributed by atoms with Gasteiger partial charge < -0.3 is 15.0 Å². The standard InChI is InChI=1S/C25H32F3N3O2/c1-23-14-19-18-12-17(25(26,27)28)4-5-20(18)29-21(19)13-16(23)6-10-31(15-23)11-8-24(22(32)33)7-3-9-30(24)2/h4-5,12,16,29H,3,6-11,13-15H2,1-2H3,(H,32,33). The number of aromatic amines is 1. The molecule has 5 nitrogen and oxygen atoms in total. The van der Waals surface area contributed by atoms with Crippen molar-refractivity contribution in [3.8, 4) is 0 Å². The fourth-order valence-electron chi connectivity index (χ4n) is 6.70. The van der Waals surface area contributed by atoms with E-state index >= 15 is 0 Å². The number of nitrogens with one attached hydrogen (secondary N) is 1. The Kier molecular flexibility index (Phi) is 5.32. The third kappa shape index (κ3) is 3.75. The molecule has 180 valence electrons. The molecule has 0 saturated carbocycles. The lowest BCUT2D eigenvalue weighted by atomic mass is 9.63. The summed E-state index contributed by atoms with van der Waals surface area (Å²) < 4.78 is 39.9. The highest BCUT2D eigenvalue weighted by Gasteiger charge is 2.48. The van der Waals surface area contributed by atoms with Crippen molar-refractivity contribution in [1.29, 1.82) is 0 Å². The molecule has 3 aliphatic rings. The third-order valence-corrected chi connectivity index (χ3v) is 8.77. The van der Waals surface area contributed by atoms with Crippen molar-refractivity contribution < 1.29 is 23.1 Å². The Labute approximate surface area is 191 Å². The first-order valence-electron chi connectivity index (χ1n) is 11.9. The van der Waals surface area contributed by atoms with Gasteiger partial charge in [-0.05, 0) is 93.8 Å². The number of fused-ring (bicyclic) bond motifs is 4. The van der Waals surface area contributed by atoms with Gasteiger partial charge in [0.25, 0.3) is 0 Å². The number of alkyl halides is 3. The van der Waals surface area contributed by atoms with Crippen molar-refractivity contribution in [2.45, 2.75) is 57.2 Å². The molecule has 0 bridgehead atoms. The van der Waals surface area contributed by atoms with Crippen molar-refractivity contribution in [3.63, 3.8) is 0 Å². The van der Waals surface area contributed by atoms with Gasteiger partial charge in [0.15, 0.2) is 0 Å². The van der Waals surface area contributed by atoms with E-state index in [9.17, 15) is 23.1 Å². The maximum atomic E-state index is 13.3. The Morgan fingerprint density at radius 1 is 1.30 bits per heavy atom. The summed E-state index contributed by atoms with van der Waals surface area (Å²) in [7, 11) is 1.91. The van der Waals surface area contributed by atoms with Crippen molar-refractivity contribution in [1.82, 2.24) is 14.8 Å². The van der Waals surface area contributed by atoms with Crippen molar-refractivity contribution in [2.24, 2.45) is 11.3 Å². The molecule has 2 N–H and O–H groups in total. The van der Waals surface area contributed by atoms with E-state index in [1.807, 2.05) is 11.9 Å². The van der Waals surface area contributed by atoms with Crippen LogP contribution in [0.25, 0.3) is 10.9 Å². The summed E-state index contributed by atoms with van der Waals surface area (Å²) in [5.74, 6) is -0.260.